The summed E-state index contributed by atoms with van der Waals surface area (Å²) >= 11 is 1.57. The molecule has 0 aromatic heterocycles. The van der Waals surface area contributed by atoms with E-state index in [1.165, 1.54) is 18.2 Å². The normalized spacial score (nSPS) is 14.3. The van der Waals surface area contributed by atoms with E-state index in [1.807, 2.05) is 30.5 Å². The summed E-state index contributed by atoms with van der Waals surface area (Å²) in [5.41, 5.74) is 1.20. The first-order valence-electron chi connectivity index (χ1n) is 7.03. The molecule has 2 aromatic rings. The molecule has 1 amide bonds. The van der Waals surface area contributed by atoms with Crippen LogP contribution < -0.4 is 20.1 Å². The van der Waals surface area contributed by atoms with Gasteiger partial charge in [-0.3, -0.25) is 4.79 Å². The molecular weight excluding hydrogens is 338 g/mol. The average Bonchev–Trinajstić information content (AvgIpc) is 2.86. The number of benzene rings is 2. The molecule has 0 bridgehead atoms. The maximum atomic E-state index is 13.0. The number of thioether (sulfide) groups is 1. The monoisotopic (exact) mass is 352 g/mol. The number of ether oxygens (including phenoxy) is 2. The number of amides is 1. The Hall–Kier alpha value is -2.48. The van der Waals surface area contributed by atoms with E-state index in [0.29, 0.717) is 5.69 Å². The third-order valence-electron chi connectivity index (χ3n) is 3.23. The number of rotatable bonds is 5. The fourth-order valence-electron chi connectivity index (χ4n) is 2.20. The summed E-state index contributed by atoms with van der Waals surface area (Å²) in [7, 11) is 0. The van der Waals surface area contributed by atoms with Crippen molar-refractivity contribution in [3.05, 3.63) is 42.5 Å². The van der Waals surface area contributed by atoms with Crippen LogP contribution in [0.25, 0.3) is 0 Å². The van der Waals surface area contributed by atoms with Crippen molar-refractivity contribution in [3.8, 4) is 11.5 Å². The Kier molecular flexibility index (Phi) is 4.48. The van der Waals surface area contributed by atoms with Crippen LogP contribution in [-0.4, -0.2) is 25.0 Å². The minimum absolute atomic E-state index is 0.0438. The number of anilines is 2. The molecule has 126 valence electrons. The zero-order valence-electron chi connectivity index (χ0n) is 12.6. The maximum absolute atomic E-state index is 13.0. The summed E-state index contributed by atoms with van der Waals surface area (Å²) in [6, 6.07) is 11.7. The van der Waals surface area contributed by atoms with Crippen LogP contribution in [-0.2, 0) is 4.79 Å². The molecule has 24 heavy (non-hydrogen) atoms. The lowest BCUT2D eigenvalue weighted by molar-refractivity contribution is -0.286. The molecule has 1 aliphatic rings. The maximum Gasteiger partial charge on any atom is 0.586 e. The molecule has 1 heterocycles. The van der Waals surface area contributed by atoms with Gasteiger partial charge in [-0.1, -0.05) is 12.1 Å². The fourth-order valence-corrected chi connectivity index (χ4v) is 2.77. The first kappa shape index (κ1) is 16.4. The van der Waals surface area contributed by atoms with Gasteiger partial charge in [0.05, 0.1) is 6.54 Å². The van der Waals surface area contributed by atoms with Crippen molar-refractivity contribution in [3.63, 3.8) is 0 Å². The molecule has 0 fully saturated rings. The summed E-state index contributed by atoms with van der Waals surface area (Å²) in [4.78, 5) is 13.0. The van der Waals surface area contributed by atoms with Crippen LogP contribution in [0.2, 0.25) is 0 Å². The lowest BCUT2D eigenvalue weighted by atomic mass is 10.2. The SMILES string of the molecule is CSc1ccccc1NCC(=O)Nc1ccc2c(c1)OC(F)(F)O2. The van der Waals surface area contributed by atoms with Gasteiger partial charge in [0.25, 0.3) is 0 Å². The van der Waals surface area contributed by atoms with Crippen molar-refractivity contribution in [2.45, 2.75) is 11.2 Å². The van der Waals surface area contributed by atoms with Gasteiger partial charge in [0, 0.05) is 22.3 Å². The lowest BCUT2D eigenvalue weighted by Crippen LogP contribution is -2.25. The van der Waals surface area contributed by atoms with Gasteiger partial charge in [-0.2, -0.15) is 0 Å². The van der Waals surface area contributed by atoms with Crippen LogP contribution in [0.1, 0.15) is 0 Å². The molecule has 0 saturated heterocycles. The summed E-state index contributed by atoms with van der Waals surface area (Å²) in [6.45, 7) is 0.0438. The van der Waals surface area contributed by atoms with E-state index in [2.05, 4.69) is 20.1 Å². The number of fused-ring (bicyclic) bond motifs is 1. The van der Waals surface area contributed by atoms with Crippen molar-refractivity contribution in [1.82, 2.24) is 0 Å². The Morgan fingerprint density at radius 3 is 2.71 bits per heavy atom. The highest BCUT2D eigenvalue weighted by atomic mass is 32.2. The van der Waals surface area contributed by atoms with E-state index in [-0.39, 0.29) is 24.0 Å². The van der Waals surface area contributed by atoms with Crippen LogP contribution in [0.5, 0.6) is 11.5 Å². The van der Waals surface area contributed by atoms with Crippen LogP contribution in [0.3, 0.4) is 0 Å². The van der Waals surface area contributed by atoms with Crippen molar-refractivity contribution in [2.24, 2.45) is 0 Å². The predicted octanol–water partition coefficient (Wildman–Crippen LogP) is 3.78. The van der Waals surface area contributed by atoms with E-state index < -0.39 is 6.29 Å². The average molecular weight is 352 g/mol. The quantitative estimate of drug-likeness (QED) is 0.802. The number of carbonyl (C=O) groups excluding carboxylic acids is 1. The second-order valence-electron chi connectivity index (χ2n) is 4.93. The number of carbonyl (C=O) groups is 1. The van der Waals surface area contributed by atoms with E-state index in [1.54, 1.807) is 11.8 Å². The van der Waals surface area contributed by atoms with Crippen molar-refractivity contribution < 1.29 is 23.0 Å². The number of para-hydroxylation sites is 1. The van der Waals surface area contributed by atoms with E-state index in [4.69, 9.17) is 0 Å². The molecule has 2 N–H and O–H groups in total. The van der Waals surface area contributed by atoms with Crippen LogP contribution in [0.15, 0.2) is 47.4 Å². The second kappa shape index (κ2) is 6.56. The minimum atomic E-state index is -3.67. The zero-order valence-corrected chi connectivity index (χ0v) is 13.5. The Bertz CT molecular complexity index is 771. The molecule has 0 aliphatic carbocycles. The molecule has 0 spiro atoms. The Balaban J connectivity index is 1.60. The summed E-state index contributed by atoms with van der Waals surface area (Å²) in [5, 5.41) is 5.66. The van der Waals surface area contributed by atoms with Gasteiger partial charge in [-0.25, -0.2) is 0 Å². The summed E-state index contributed by atoms with van der Waals surface area (Å²) in [5.74, 6) is -0.486. The standard InChI is InChI=1S/C16H14F2N2O3S/c1-24-14-5-3-2-4-11(14)19-9-15(21)20-10-6-7-12-13(8-10)23-16(17,18)22-12/h2-8,19H,9H2,1H3,(H,20,21). The van der Waals surface area contributed by atoms with Gasteiger partial charge in [0.2, 0.25) is 5.91 Å². The first-order valence-corrected chi connectivity index (χ1v) is 8.26. The number of alkyl halides is 2. The number of hydrogen-bond acceptors (Lipinski definition) is 5. The van der Waals surface area contributed by atoms with Crippen LogP contribution in [0, 0.1) is 0 Å². The number of nitrogens with one attached hydrogen (secondary N) is 2. The zero-order chi connectivity index (χ0) is 17.2. The number of halogens is 2. The second-order valence-corrected chi connectivity index (χ2v) is 5.78. The van der Waals surface area contributed by atoms with Gasteiger partial charge >= 0.3 is 6.29 Å². The third kappa shape index (κ3) is 3.70. The van der Waals surface area contributed by atoms with Crippen molar-refractivity contribution in [1.29, 1.82) is 0 Å². The molecule has 0 atom stereocenters. The molecular formula is C16H14F2N2O3S. The highest BCUT2D eigenvalue weighted by molar-refractivity contribution is 7.98. The van der Waals surface area contributed by atoms with Gasteiger partial charge in [0.15, 0.2) is 11.5 Å². The van der Waals surface area contributed by atoms with E-state index >= 15 is 0 Å². The van der Waals surface area contributed by atoms with Gasteiger partial charge in [-0.15, -0.1) is 20.5 Å². The third-order valence-corrected chi connectivity index (χ3v) is 4.03. The van der Waals surface area contributed by atoms with Crippen molar-refractivity contribution in [2.75, 3.05) is 23.4 Å². The van der Waals surface area contributed by atoms with Gasteiger partial charge < -0.3 is 20.1 Å². The summed E-state index contributed by atoms with van der Waals surface area (Å²) in [6.07, 6.45) is -1.73. The largest absolute Gasteiger partial charge is 0.586 e. The van der Waals surface area contributed by atoms with Crippen LogP contribution in [0.4, 0.5) is 20.2 Å². The molecule has 3 rings (SSSR count). The summed E-state index contributed by atoms with van der Waals surface area (Å²) < 4.78 is 34.6. The topological polar surface area (TPSA) is 59.6 Å². The molecule has 0 saturated carbocycles. The number of hydrogen-bond donors (Lipinski definition) is 2. The van der Waals surface area contributed by atoms with Crippen molar-refractivity contribution >= 4 is 29.0 Å². The molecule has 0 unspecified atom stereocenters. The molecule has 0 radical (unpaired) electrons. The van der Waals surface area contributed by atoms with Gasteiger partial charge in [0.1, 0.15) is 0 Å². The van der Waals surface area contributed by atoms with Crippen LogP contribution >= 0.6 is 11.8 Å². The lowest BCUT2D eigenvalue weighted by Gasteiger charge is -2.11. The Labute approximate surface area is 141 Å². The Morgan fingerprint density at radius 2 is 1.92 bits per heavy atom. The minimum Gasteiger partial charge on any atom is -0.395 e. The predicted molar refractivity (Wildman–Crippen MR) is 88.0 cm³/mol. The first-order chi connectivity index (χ1) is 11.5. The highest BCUT2D eigenvalue weighted by Gasteiger charge is 2.43. The highest BCUT2D eigenvalue weighted by Crippen LogP contribution is 2.42. The molecule has 5 nitrogen and oxygen atoms in total. The van der Waals surface area contributed by atoms with E-state index in [9.17, 15) is 13.6 Å². The smallest absolute Gasteiger partial charge is 0.395 e. The molecule has 8 heteroatoms. The Morgan fingerprint density at radius 1 is 1.17 bits per heavy atom. The van der Waals surface area contributed by atoms with E-state index in [0.717, 1.165) is 10.6 Å². The fraction of sp³-hybridized carbons (Fsp3) is 0.188. The molecule has 2 aromatic carbocycles. The van der Waals surface area contributed by atoms with Gasteiger partial charge in [-0.05, 0) is 30.5 Å². The molecule has 1 aliphatic heterocycles.